The minimum absolute atomic E-state index is 0. The van der Waals surface area contributed by atoms with Gasteiger partial charge in [0.25, 0.3) is 5.69 Å². The molecule has 10 heteroatoms. The van der Waals surface area contributed by atoms with E-state index in [1.807, 2.05) is 41.7 Å². The Morgan fingerprint density at radius 3 is 2.48 bits per heavy atom. The topological polar surface area (TPSA) is 128 Å². The number of pyridine rings is 1. The highest BCUT2D eigenvalue weighted by Gasteiger charge is 2.18. The number of rotatable bonds is 3. The van der Waals surface area contributed by atoms with Gasteiger partial charge in [0.05, 0.1) is 27.2 Å². The van der Waals surface area contributed by atoms with Crippen LogP contribution in [0.15, 0.2) is 42.5 Å². The second-order valence-corrected chi connectivity index (χ2v) is 8.45. The van der Waals surface area contributed by atoms with Gasteiger partial charge in [-0.05, 0) is 75.9 Å². The van der Waals surface area contributed by atoms with Crippen LogP contribution in [0, 0.1) is 35.5 Å². The molecule has 0 unspecified atom stereocenters. The minimum Gasteiger partial charge on any atom is -0.412 e. The van der Waals surface area contributed by atoms with Gasteiger partial charge in [-0.15, -0.1) is 0 Å². The molecule has 0 amide bonds. The van der Waals surface area contributed by atoms with Crippen molar-refractivity contribution in [2.45, 2.75) is 6.92 Å². The van der Waals surface area contributed by atoms with Crippen molar-refractivity contribution in [3.8, 4) is 6.07 Å². The fraction of sp³-hybridized carbons (Fsp3) is 0.0526. The van der Waals surface area contributed by atoms with Crippen molar-refractivity contribution in [3.63, 3.8) is 0 Å². The van der Waals surface area contributed by atoms with Crippen LogP contribution in [0.5, 0.6) is 0 Å². The molecule has 0 aliphatic heterocycles. The average molecular weight is 613 g/mol. The summed E-state index contributed by atoms with van der Waals surface area (Å²) in [6.45, 7) is 1.87. The number of non-ortho nitro benzene ring substituents is 1. The predicted octanol–water partition coefficient (Wildman–Crippen LogP) is 4.70. The van der Waals surface area contributed by atoms with Crippen LogP contribution in [0.1, 0.15) is 11.1 Å². The molecule has 0 aliphatic rings. The first kappa shape index (κ1) is 21.2. The van der Waals surface area contributed by atoms with Gasteiger partial charge in [0, 0.05) is 19.3 Å². The Balaban J connectivity index is 0.00000240. The summed E-state index contributed by atoms with van der Waals surface area (Å²) in [6, 6.07) is 14.9. The zero-order valence-electron chi connectivity index (χ0n) is 14.9. The van der Waals surface area contributed by atoms with E-state index in [0.29, 0.717) is 11.2 Å². The van der Waals surface area contributed by atoms with Crippen LogP contribution in [0.4, 0.5) is 17.2 Å². The Labute approximate surface area is 192 Å². The normalized spacial score (nSPS) is 10.6. The van der Waals surface area contributed by atoms with Crippen LogP contribution in [0.2, 0.25) is 0 Å². The van der Waals surface area contributed by atoms with Crippen molar-refractivity contribution in [1.82, 2.24) is 9.38 Å². The number of halogens is 2. The van der Waals surface area contributed by atoms with Crippen molar-refractivity contribution in [3.05, 3.63) is 70.8 Å². The summed E-state index contributed by atoms with van der Waals surface area (Å²) >= 11 is 4.17. The lowest BCUT2D eigenvalue weighted by Gasteiger charge is -2.15. The van der Waals surface area contributed by atoms with Gasteiger partial charge in [-0.3, -0.25) is 14.5 Å². The minimum atomic E-state index is -0.401. The first-order chi connectivity index (χ1) is 13.4. The molecule has 0 aliphatic carbocycles. The summed E-state index contributed by atoms with van der Waals surface area (Å²) in [4.78, 5) is 15.3. The highest BCUT2D eigenvalue weighted by molar-refractivity contribution is 14.1. The summed E-state index contributed by atoms with van der Waals surface area (Å²) in [5.74, 6) is 0.741. The zero-order valence-corrected chi connectivity index (χ0v) is 19.2. The molecule has 146 valence electrons. The molecule has 0 spiro atoms. The van der Waals surface area contributed by atoms with E-state index in [-0.39, 0.29) is 11.2 Å². The number of imidazole rings is 1. The van der Waals surface area contributed by atoms with Gasteiger partial charge in [0.1, 0.15) is 11.9 Å². The molecule has 4 aromatic rings. The molecule has 2 aromatic carbocycles. The van der Waals surface area contributed by atoms with E-state index >= 15 is 0 Å². The zero-order chi connectivity index (χ0) is 20.0. The molecule has 0 fully saturated rings. The van der Waals surface area contributed by atoms with Crippen molar-refractivity contribution >= 4 is 79.1 Å². The monoisotopic (exact) mass is 613 g/mol. The van der Waals surface area contributed by atoms with Crippen LogP contribution in [0.25, 0.3) is 16.7 Å². The van der Waals surface area contributed by atoms with Gasteiger partial charge in [0.15, 0.2) is 5.65 Å². The number of benzene rings is 2. The number of nitrogens with zero attached hydrogens (tertiary/aromatic N) is 4. The molecule has 0 atom stereocenters. The fourth-order valence-corrected chi connectivity index (χ4v) is 5.10. The van der Waals surface area contributed by atoms with E-state index in [4.69, 9.17) is 0 Å². The number of aryl methyl sites for hydroxylation is 1. The molecule has 0 radical (unpaired) electrons. The number of hydrogen-bond donors (Lipinski definition) is 1. The maximum Gasteiger partial charge on any atom is 0.271 e. The lowest BCUT2D eigenvalue weighted by atomic mass is 10.1. The van der Waals surface area contributed by atoms with E-state index < -0.39 is 4.92 Å². The first-order valence-electron chi connectivity index (χ1n) is 8.12. The number of nitro benzene ring substituents is 1. The number of hydrogen-bond acceptors (Lipinski definition) is 5. The lowest BCUT2D eigenvalue weighted by Crippen LogP contribution is -2.05. The molecule has 4 rings (SSSR count). The van der Waals surface area contributed by atoms with Crippen LogP contribution in [-0.2, 0) is 0 Å². The highest BCUT2D eigenvalue weighted by atomic mass is 127. The molecule has 3 N–H and O–H groups in total. The van der Waals surface area contributed by atoms with Gasteiger partial charge >= 0.3 is 0 Å². The number of nitrogens with one attached hydrogen (secondary N) is 1. The molecule has 8 nitrogen and oxygen atoms in total. The number of anilines is 2. The first-order valence-corrected chi connectivity index (χ1v) is 10.3. The molecule has 2 heterocycles. The van der Waals surface area contributed by atoms with E-state index in [1.165, 1.54) is 12.1 Å². The third-order valence-electron chi connectivity index (χ3n) is 4.38. The SMILES string of the molecule is Cc1cc(Nc2c(I)cc([N+](=O)[O-])cc2I)n2c(nc3ccccc32)c1C#N.O. The third-order valence-corrected chi connectivity index (χ3v) is 6.08. The Morgan fingerprint density at radius 1 is 1.21 bits per heavy atom. The maximum absolute atomic E-state index is 11.1. The van der Waals surface area contributed by atoms with E-state index in [9.17, 15) is 15.4 Å². The maximum atomic E-state index is 11.1. The number of para-hydroxylation sites is 2. The highest BCUT2D eigenvalue weighted by Crippen LogP contribution is 2.34. The van der Waals surface area contributed by atoms with Crippen LogP contribution >= 0.6 is 45.2 Å². The van der Waals surface area contributed by atoms with Gasteiger partial charge in [-0.2, -0.15) is 5.26 Å². The molecule has 0 saturated carbocycles. The fourth-order valence-electron chi connectivity index (χ4n) is 3.10. The summed E-state index contributed by atoms with van der Waals surface area (Å²) in [5, 5.41) is 24.1. The lowest BCUT2D eigenvalue weighted by molar-refractivity contribution is -0.385. The van der Waals surface area contributed by atoms with Gasteiger partial charge < -0.3 is 10.8 Å². The van der Waals surface area contributed by atoms with E-state index in [2.05, 4.69) is 61.6 Å². The van der Waals surface area contributed by atoms with Gasteiger partial charge in [-0.25, -0.2) is 4.98 Å². The Bertz CT molecular complexity index is 1300. The Kier molecular flexibility index (Phi) is 5.92. The molecular weight excluding hydrogens is 600 g/mol. The molecule has 29 heavy (non-hydrogen) atoms. The quantitative estimate of drug-likeness (QED) is 0.204. The molecule has 0 bridgehead atoms. The van der Waals surface area contributed by atoms with Crippen molar-refractivity contribution in [1.29, 1.82) is 5.26 Å². The Morgan fingerprint density at radius 2 is 1.86 bits per heavy atom. The van der Waals surface area contributed by atoms with Crippen LogP contribution in [0.3, 0.4) is 0 Å². The molecular formula is C19H13I2N5O3. The second kappa shape index (κ2) is 8.09. The second-order valence-electron chi connectivity index (χ2n) is 6.13. The summed E-state index contributed by atoms with van der Waals surface area (Å²) < 4.78 is 3.38. The Hall–Kier alpha value is -2.50. The number of aromatic nitrogens is 2. The van der Waals surface area contributed by atoms with Crippen molar-refractivity contribution in [2.75, 3.05) is 5.32 Å². The predicted molar refractivity (Wildman–Crippen MR) is 128 cm³/mol. The van der Waals surface area contributed by atoms with Gasteiger partial charge in [-0.1, -0.05) is 12.1 Å². The summed E-state index contributed by atoms with van der Waals surface area (Å²) in [5.41, 5.74) is 4.40. The number of fused-ring (bicyclic) bond motifs is 3. The number of nitro groups is 1. The van der Waals surface area contributed by atoms with Crippen LogP contribution < -0.4 is 5.32 Å². The smallest absolute Gasteiger partial charge is 0.271 e. The summed E-state index contributed by atoms with van der Waals surface area (Å²) in [7, 11) is 0. The average Bonchev–Trinajstić information content (AvgIpc) is 3.03. The van der Waals surface area contributed by atoms with E-state index in [1.54, 1.807) is 0 Å². The van der Waals surface area contributed by atoms with Gasteiger partial charge in [0.2, 0.25) is 0 Å². The molecule has 0 saturated heterocycles. The third kappa shape index (κ3) is 3.61. The standard InChI is InChI=1S/C19H11I2N5O2.H2O/c1-10-6-17(24-18-13(20)7-11(26(27)28)8-14(18)21)25-16-5-3-2-4-15(16)23-19(25)12(10)9-22;/h2-8,24H,1H3;1H2. The molecule has 2 aromatic heterocycles. The number of nitriles is 1. The van der Waals surface area contributed by atoms with E-state index in [0.717, 1.165) is 35.2 Å². The van der Waals surface area contributed by atoms with Crippen molar-refractivity contribution in [2.24, 2.45) is 0 Å². The van der Waals surface area contributed by atoms with Crippen LogP contribution in [-0.4, -0.2) is 19.8 Å². The largest absolute Gasteiger partial charge is 0.412 e. The van der Waals surface area contributed by atoms with Crippen molar-refractivity contribution < 1.29 is 10.4 Å². The summed E-state index contributed by atoms with van der Waals surface area (Å²) in [6.07, 6.45) is 0.